The molecule has 0 atom stereocenters. The normalized spacial score (nSPS) is 11.2. The van der Waals surface area contributed by atoms with Crippen LogP contribution in [0.3, 0.4) is 0 Å². The van der Waals surface area contributed by atoms with Gasteiger partial charge in [-0.05, 0) is 30.5 Å². The molecule has 96 valence electrons. The maximum Gasteiger partial charge on any atom is 0.173 e. The van der Waals surface area contributed by atoms with Crippen LogP contribution in [0, 0.1) is 5.92 Å². The van der Waals surface area contributed by atoms with E-state index in [4.69, 9.17) is 21.9 Å². The fourth-order valence-corrected chi connectivity index (χ4v) is 2.57. The SMILES string of the molecule is CC(C)Cc1c(N)noc1-c1ccc(Br)cc1Cl. The number of hydrogen-bond acceptors (Lipinski definition) is 3. The van der Waals surface area contributed by atoms with E-state index in [0.717, 1.165) is 22.0 Å². The summed E-state index contributed by atoms with van der Waals surface area (Å²) >= 11 is 9.60. The molecule has 18 heavy (non-hydrogen) atoms. The summed E-state index contributed by atoms with van der Waals surface area (Å²) in [6.45, 7) is 4.25. The number of aromatic nitrogens is 1. The largest absolute Gasteiger partial charge is 0.381 e. The second-order valence-electron chi connectivity index (χ2n) is 4.60. The van der Waals surface area contributed by atoms with Crippen LogP contribution in [0.4, 0.5) is 5.82 Å². The summed E-state index contributed by atoms with van der Waals surface area (Å²) in [5, 5.41) is 4.46. The van der Waals surface area contributed by atoms with E-state index in [1.165, 1.54) is 0 Å². The van der Waals surface area contributed by atoms with Gasteiger partial charge in [0.1, 0.15) is 0 Å². The van der Waals surface area contributed by atoms with Gasteiger partial charge in [-0.3, -0.25) is 0 Å². The average molecular weight is 330 g/mol. The van der Waals surface area contributed by atoms with Gasteiger partial charge in [0, 0.05) is 15.6 Å². The summed E-state index contributed by atoms with van der Waals surface area (Å²) in [5.41, 5.74) is 7.59. The van der Waals surface area contributed by atoms with Crippen molar-refractivity contribution >= 4 is 33.3 Å². The molecule has 2 N–H and O–H groups in total. The van der Waals surface area contributed by atoms with Crippen molar-refractivity contribution in [2.45, 2.75) is 20.3 Å². The molecule has 0 unspecified atom stereocenters. The average Bonchev–Trinajstić information content (AvgIpc) is 2.60. The van der Waals surface area contributed by atoms with Crippen LogP contribution in [-0.4, -0.2) is 5.16 Å². The second kappa shape index (κ2) is 5.33. The number of nitrogen functional groups attached to an aromatic ring is 1. The van der Waals surface area contributed by atoms with Crippen LogP contribution in [0.2, 0.25) is 5.02 Å². The first-order valence-electron chi connectivity index (χ1n) is 5.68. The van der Waals surface area contributed by atoms with Crippen LogP contribution >= 0.6 is 27.5 Å². The molecule has 0 spiro atoms. The highest BCUT2D eigenvalue weighted by atomic mass is 79.9. The van der Waals surface area contributed by atoms with Crippen LogP contribution in [0.15, 0.2) is 27.2 Å². The van der Waals surface area contributed by atoms with Crippen molar-refractivity contribution in [3.8, 4) is 11.3 Å². The van der Waals surface area contributed by atoms with Gasteiger partial charge in [0.15, 0.2) is 11.6 Å². The van der Waals surface area contributed by atoms with E-state index in [1.54, 1.807) is 0 Å². The first-order chi connectivity index (χ1) is 8.49. The summed E-state index contributed by atoms with van der Waals surface area (Å²) in [4.78, 5) is 0. The van der Waals surface area contributed by atoms with Gasteiger partial charge in [-0.15, -0.1) is 0 Å². The Kier molecular flexibility index (Phi) is 3.97. The molecule has 0 radical (unpaired) electrons. The lowest BCUT2D eigenvalue weighted by Gasteiger charge is -2.06. The topological polar surface area (TPSA) is 52.0 Å². The molecule has 2 aromatic rings. The highest BCUT2D eigenvalue weighted by Crippen LogP contribution is 2.35. The fourth-order valence-electron chi connectivity index (χ4n) is 1.81. The lowest BCUT2D eigenvalue weighted by atomic mass is 10.00. The van der Waals surface area contributed by atoms with E-state index in [1.807, 2.05) is 18.2 Å². The monoisotopic (exact) mass is 328 g/mol. The minimum Gasteiger partial charge on any atom is -0.381 e. The Balaban J connectivity index is 2.50. The maximum atomic E-state index is 6.22. The fraction of sp³-hybridized carbons (Fsp3) is 0.308. The molecule has 0 aliphatic carbocycles. The number of hydrogen-bond donors (Lipinski definition) is 1. The number of nitrogens with zero attached hydrogens (tertiary/aromatic N) is 1. The molecule has 2 rings (SSSR count). The molecule has 3 nitrogen and oxygen atoms in total. The smallest absolute Gasteiger partial charge is 0.173 e. The van der Waals surface area contributed by atoms with E-state index in [0.29, 0.717) is 22.5 Å². The van der Waals surface area contributed by atoms with Gasteiger partial charge in [0.05, 0.1) is 5.02 Å². The minimum atomic E-state index is 0.442. The standard InChI is InChI=1S/C13H14BrClN2O/c1-7(2)5-10-12(18-17-13(10)16)9-4-3-8(14)6-11(9)15/h3-4,6-7H,5H2,1-2H3,(H2,16,17). The predicted molar refractivity (Wildman–Crippen MR) is 77.6 cm³/mol. The molecule has 1 heterocycles. The van der Waals surface area contributed by atoms with Crippen LogP contribution < -0.4 is 5.73 Å². The Morgan fingerprint density at radius 2 is 2.17 bits per heavy atom. The molecular weight excluding hydrogens is 316 g/mol. The molecule has 1 aromatic carbocycles. The lowest BCUT2D eigenvalue weighted by molar-refractivity contribution is 0.434. The first kappa shape index (κ1) is 13.4. The zero-order chi connectivity index (χ0) is 13.3. The number of halogens is 2. The molecule has 0 fully saturated rings. The van der Waals surface area contributed by atoms with Crippen molar-refractivity contribution in [2.75, 3.05) is 5.73 Å². The number of benzene rings is 1. The van der Waals surface area contributed by atoms with Crippen molar-refractivity contribution in [1.29, 1.82) is 0 Å². The van der Waals surface area contributed by atoms with Crippen LogP contribution in [-0.2, 0) is 6.42 Å². The van der Waals surface area contributed by atoms with Gasteiger partial charge in [0.2, 0.25) is 0 Å². The quantitative estimate of drug-likeness (QED) is 0.899. The van der Waals surface area contributed by atoms with Crippen LogP contribution in [0.1, 0.15) is 19.4 Å². The summed E-state index contributed by atoms with van der Waals surface area (Å²) in [6, 6.07) is 5.64. The van der Waals surface area contributed by atoms with E-state index >= 15 is 0 Å². The van der Waals surface area contributed by atoms with E-state index in [2.05, 4.69) is 34.9 Å². The molecule has 5 heteroatoms. The van der Waals surface area contributed by atoms with Crippen molar-refractivity contribution in [3.63, 3.8) is 0 Å². The number of anilines is 1. The van der Waals surface area contributed by atoms with Gasteiger partial charge in [-0.2, -0.15) is 0 Å². The van der Waals surface area contributed by atoms with E-state index in [-0.39, 0.29) is 0 Å². The van der Waals surface area contributed by atoms with Gasteiger partial charge in [-0.1, -0.05) is 46.5 Å². The first-order valence-corrected chi connectivity index (χ1v) is 6.85. The maximum absolute atomic E-state index is 6.22. The van der Waals surface area contributed by atoms with Gasteiger partial charge >= 0.3 is 0 Å². The van der Waals surface area contributed by atoms with Crippen molar-refractivity contribution in [1.82, 2.24) is 5.16 Å². The molecule has 0 amide bonds. The second-order valence-corrected chi connectivity index (χ2v) is 5.92. The molecule has 0 aliphatic heterocycles. The number of rotatable bonds is 3. The zero-order valence-corrected chi connectivity index (χ0v) is 12.5. The Hall–Kier alpha value is -1.000. The van der Waals surface area contributed by atoms with Crippen molar-refractivity contribution < 1.29 is 4.52 Å². The highest BCUT2D eigenvalue weighted by Gasteiger charge is 2.18. The minimum absolute atomic E-state index is 0.442. The summed E-state index contributed by atoms with van der Waals surface area (Å²) in [6.07, 6.45) is 0.817. The third kappa shape index (κ3) is 2.70. The van der Waals surface area contributed by atoms with Crippen LogP contribution in [0.5, 0.6) is 0 Å². The third-order valence-corrected chi connectivity index (χ3v) is 3.41. The Labute approximate surface area is 119 Å². The summed E-state index contributed by atoms with van der Waals surface area (Å²) in [7, 11) is 0. The Bertz CT molecular complexity index is 566. The van der Waals surface area contributed by atoms with Gasteiger partial charge in [0.25, 0.3) is 0 Å². The van der Waals surface area contributed by atoms with E-state index < -0.39 is 0 Å². The highest BCUT2D eigenvalue weighted by molar-refractivity contribution is 9.10. The zero-order valence-electron chi connectivity index (χ0n) is 10.2. The van der Waals surface area contributed by atoms with Crippen molar-refractivity contribution in [2.24, 2.45) is 5.92 Å². The Morgan fingerprint density at radius 3 is 2.78 bits per heavy atom. The predicted octanol–water partition coefficient (Wildman–Crippen LogP) is 4.54. The lowest BCUT2D eigenvalue weighted by Crippen LogP contribution is -1.99. The van der Waals surface area contributed by atoms with Gasteiger partial charge in [-0.25, -0.2) is 0 Å². The third-order valence-electron chi connectivity index (χ3n) is 2.61. The Morgan fingerprint density at radius 1 is 1.44 bits per heavy atom. The van der Waals surface area contributed by atoms with Gasteiger partial charge < -0.3 is 10.3 Å². The van der Waals surface area contributed by atoms with Crippen LogP contribution in [0.25, 0.3) is 11.3 Å². The summed E-state index contributed by atoms with van der Waals surface area (Å²) < 4.78 is 6.25. The molecule has 0 aliphatic rings. The molecule has 1 aromatic heterocycles. The molecular formula is C13H14BrClN2O. The van der Waals surface area contributed by atoms with E-state index in [9.17, 15) is 0 Å². The number of nitrogens with two attached hydrogens (primary N) is 1. The molecule has 0 saturated heterocycles. The molecule has 0 saturated carbocycles. The summed E-state index contributed by atoms with van der Waals surface area (Å²) in [5.74, 6) is 1.58. The van der Waals surface area contributed by atoms with Crippen molar-refractivity contribution in [3.05, 3.63) is 33.3 Å². The molecule has 0 bridgehead atoms.